The fourth-order valence-electron chi connectivity index (χ4n) is 5.65. The van der Waals surface area contributed by atoms with Crippen LogP contribution in [-0.2, 0) is 19.4 Å². The molecule has 0 radical (unpaired) electrons. The number of halogens is 1. The van der Waals surface area contributed by atoms with Crippen molar-refractivity contribution in [1.82, 2.24) is 19.7 Å². The van der Waals surface area contributed by atoms with E-state index >= 15 is 0 Å². The molecule has 0 amide bonds. The van der Waals surface area contributed by atoms with Crippen molar-refractivity contribution < 1.29 is 4.39 Å². The predicted octanol–water partition coefficient (Wildman–Crippen LogP) is 5.48. The number of piperidine rings is 1. The van der Waals surface area contributed by atoms with Gasteiger partial charge in [0, 0.05) is 37.4 Å². The van der Waals surface area contributed by atoms with E-state index in [0.717, 1.165) is 50.3 Å². The topological polar surface area (TPSA) is 34.0 Å². The van der Waals surface area contributed by atoms with Crippen molar-refractivity contribution in [2.24, 2.45) is 5.41 Å². The van der Waals surface area contributed by atoms with E-state index < -0.39 is 0 Å². The summed E-state index contributed by atoms with van der Waals surface area (Å²) in [6.07, 6.45) is 11.1. The minimum Gasteiger partial charge on any atom is -0.298 e. The number of pyridine rings is 1. The summed E-state index contributed by atoms with van der Waals surface area (Å²) in [5, 5.41) is 4.71. The molecule has 1 unspecified atom stereocenters. The molecular weight excluding hydrogens is 423 g/mol. The molecule has 170 valence electrons. The van der Waals surface area contributed by atoms with Gasteiger partial charge in [-0.05, 0) is 78.4 Å². The number of benzene rings is 2. The fraction of sp³-hybridized carbons (Fsp3) is 0.241. The lowest BCUT2D eigenvalue weighted by Gasteiger charge is -2.47. The molecule has 0 spiro atoms. The lowest BCUT2D eigenvalue weighted by Crippen LogP contribution is -2.48. The molecule has 2 aromatic carbocycles. The van der Waals surface area contributed by atoms with Crippen LogP contribution in [0.4, 0.5) is 4.39 Å². The molecule has 34 heavy (non-hydrogen) atoms. The maximum Gasteiger partial charge on any atom is 0.123 e. The van der Waals surface area contributed by atoms with Crippen LogP contribution in [0, 0.1) is 11.2 Å². The van der Waals surface area contributed by atoms with Crippen LogP contribution in [0.2, 0.25) is 0 Å². The first-order chi connectivity index (χ1) is 16.7. The molecule has 1 saturated heterocycles. The summed E-state index contributed by atoms with van der Waals surface area (Å²) in [5.74, 6) is -0.230. The highest BCUT2D eigenvalue weighted by molar-refractivity contribution is 5.62. The molecule has 2 aliphatic rings. The highest BCUT2D eigenvalue weighted by atomic mass is 19.1. The SMILES string of the molecule is Fc1ccc(-n2ncc3c2C=C2CCN(Cc4ccncc4)CC2(Cc2ccccc2)C3)cc1. The monoisotopic (exact) mass is 450 g/mol. The second-order valence-electron chi connectivity index (χ2n) is 9.55. The predicted molar refractivity (Wildman–Crippen MR) is 132 cm³/mol. The summed E-state index contributed by atoms with van der Waals surface area (Å²) >= 11 is 0. The van der Waals surface area contributed by atoms with Crippen molar-refractivity contribution in [3.05, 3.63) is 119 Å². The van der Waals surface area contributed by atoms with Gasteiger partial charge in [-0.25, -0.2) is 9.07 Å². The lowest BCUT2D eigenvalue weighted by molar-refractivity contribution is 0.131. The Hall–Kier alpha value is -3.57. The summed E-state index contributed by atoms with van der Waals surface area (Å²) in [7, 11) is 0. The quantitative estimate of drug-likeness (QED) is 0.404. The number of hydrogen-bond donors (Lipinski definition) is 0. The Morgan fingerprint density at radius 2 is 1.71 bits per heavy atom. The van der Waals surface area contributed by atoms with Crippen LogP contribution < -0.4 is 0 Å². The number of rotatable bonds is 5. The third-order valence-electron chi connectivity index (χ3n) is 7.24. The summed E-state index contributed by atoms with van der Waals surface area (Å²) in [4.78, 5) is 6.76. The average Bonchev–Trinajstić information content (AvgIpc) is 3.26. The van der Waals surface area contributed by atoms with Crippen molar-refractivity contribution in [3.8, 4) is 5.69 Å². The maximum absolute atomic E-state index is 13.5. The van der Waals surface area contributed by atoms with Gasteiger partial charge in [-0.2, -0.15) is 5.10 Å². The summed E-state index contributed by atoms with van der Waals surface area (Å²) < 4.78 is 15.4. The van der Waals surface area contributed by atoms with Gasteiger partial charge in [0.25, 0.3) is 0 Å². The Labute approximate surface area is 199 Å². The molecule has 0 N–H and O–H groups in total. The Kier molecular flexibility index (Phi) is 5.34. The van der Waals surface area contributed by atoms with E-state index in [9.17, 15) is 4.39 Å². The van der Waals surface area contributed by atoms with Crippen LogP contribution >= 0.6 is 0 Å². The summed E-state index contributed by atoms with van der Waals surface area (Å²) in [6.45, 7) is 2.98. The molecule has 0 saturated carbocycles. The molecule has 1 aliphatic carbocycles. The van der Waals surface area contributed by atoms with E-state index in [-0.39, 0.29) is 11.2 Å². The average molecular weight is 451 g/mol. The largest absolute Gasteiger partial charge is 0.298 e. The molecule has 3 heterocycles. The maximum atomic E-state index is 13.5. The molecule has 4 nitrogen and oxygen atoms in total. The van der Waals surface area contributed by atoms with Crippen LogP contribution in [0.1, 0.15) is 28.8 Å². The van der Waals surface area contributed by atoms with Crippen molar-refractivity contribution >= 4 is 6.08 Å². The van der Waals surface area contributed by atoms with Crippen LogP contribution in [-0.4, -0.2) is 32.8 Å². The van der Waals surface area contributed by atoms with Crippen LogP contribution in [0.25, 0.3) is 11.8 Å². The third kappa shape index (κ3) is 3.97. The first kappa shape index (κ1) is 21.0. The minimum atomic E-state index is -0.230. The van der Waals surface area contributed by atoms with Gasteiger partial charge in [-0.15, -0.1) is 0 Å². The standard InChI is InChI=1S/C29H27FN4/c30-26-6-8-27(9-7-26)34-28-16-25-12-15-33(20-23-10-13-31-14-11-23)21-29(25,18-24(28)19-32-34)17-22-4-2-1-3-5-22/h1-11,13-14,16,19H,12,15,17-18,20-21H2. The molecule has 4 aromatic rings. The third-order valence-corrected chi connectivity index (χ3v) is 7.24. The first-order valence-electron chi connectivity index (χ1n) is 11.9. The second-order valence-corrected chi connectivity index (χ2v) is 9.55. The highest BCUT2D eigenvalue weighted by Gasteiger charge is 2.43. The van der Waals surface area contributed by atoms with Crippen molar-refractivity contribution in [3.63, 3.8) is 0 Å². The number of aromatic nitrogens is 3. The second kappa shape index (κ2) is 8.65. The van der Waals surface area contributed by atoms with E-state index in [1.54, 1.807) is 12.1 Å². The minimum absolute atomic E-state index is 0.0380. The Morgan fingerprint density at radius 1 is 0.912 bits per heavy atom. The van der Waals surface area contributed by atoms with Crippen LogP contribution in [0.15, 0.2) is 90.9 Å². The summed E-state index contributed by atoms with van der Waals surface area (Å²) in [6, 6.07) is 21.6. The van der Waals surface area contributed by atoms with E-state index in [4.69, 9.17) is 5.10 Å². The lowest BCUT2D eigenvalue weighted by atomic mass is 9.65. The van der Waals surface area contributed by atoms with Gasteiger partial charge in [0.2, 0.25) is 0 Å². The van der Waals surface area contributed by atoms with Crippen molar-refractivity contribution in [1.29, 1.82) is 0 Å². The van der Waals surface area contributed by atoms with Gasteiger partial charge in [0.05, 0.1) is 17.6 Å². The molecular formula is C29H27FN4. The summed E-state index contributed by atoms with van der Waals surface area (Å²) in [5.41, 5.74) is 7.49. The number of hydrogen-bond acceptors (Lipinski definition) is 3. The number of fused-ring (bicyclic) bond motifs is 2. The first-order valence-corrected chi connectivity index (χ1v) is 11.9. The zero-order chi connectivity index (χ0) is 23.0. The van der Waals surface area contributed by atoms with Gasteiger partial charge in [0.15, 0.2) is 0 Å². The molecule has 1 fully saturated rings. The van der Waals surface area contributed by atoms with E-state index in [2.05, 4.69) is 58.4 Å². The van der Waals surface area contributed by atoms with Crippen molar-refractivity contribution in [2.45, 2.75) is 25.8 Å². The van der Waals surface area contributed by atoms with Gasteiger partial charge in [-0.3, -0.25) is 9.88 Å². The van der Waals surface area contributed by atoms with Gasteiger partial charge in [0.1, 0.15) is 5.82 Å². The Bertz CT molecular complexity index is 1310. The normalized spacial score (nSPS) is 19.9. The number of nitrogens with zero attached hydrogens (tertiary/aromatic N) is 4. The van der Waals surface area contributed by atoms with Crippen LogP contribution in [0.5, 0.6) is 0 Å². The number of likely N-dealkylation sites (tertiary alicyclic amines) is 1. The molecule has 5 heteroatoms. The van der Waals surface area contributed by atoms with E-state index in [1.807, 2.05) is 23.3 Å². The smallest absolute Gasteiger partial charge is 0.123 e. The zero-order valence-corrected chi connectivity index (χ0v) is 19.1. The zero-order valence-electron chi connectivity index (χ0n) is 19.1. The Balaban J connectivity index is 1.36. The van der Waals surface area contributed by atoms with Gasteiger partial charge >= 0.3 is 0 Å². The van der Waals surface area contributed by atoms with E-state index in [0.29, 0.717) is 0 Å². The molecule has 0 bridgehead atoms. The van der Waals surface area contributed by atoms with Crippen molar-refractivity contribution in [2.75, 3.05) is 13.1 Å². The van der Waals surface area contributed by atoms with Crippen LogP contribution in [0.3, 0.4) is 0 Å². The van der Waals surface area contributed by atoms with Gasteiger partial charge < -0.3 is 0 Å². The molecule has 1 atom stereocenters. The Morgan fingerprint density at radius 3 is 2.50 bits per heavy atom. The fourth-order valence-corrected chi connectivity index (χ4v) is 5.65. The molecule has 1 aliphatic heterocycles. The molecule has 6 rings (SSSR count). The van der Waals surface area contributed by atoms with E-state index in [1.165, 1.54) is 34.4 Å². The molecule has 2 aromatic heterocycles. The van der Waals surface area contributed by atoms with Gasteiger partial charge in [-0.1, -0.05) is 35.9 Å². The highest BCUT2D eigenvalue weighted by Crippen LogP contribution is 2.46.